The van der Waals surface area contributed by atoms with Gasteiger partial charge in [0.1, 0.15) is 36.8 Å². The van der Waals surface area contributed by atoms with Crippen LogP contribution in [0.2, 0.25) is 0 Å². The summed E-state index contributed by atoms with van der Waals surface area (Å²) < 4.78 is 22.3. The first-order valence-electron chi connectivity index (χ1n) is 12.3. The standard InChI is InChI=1S/C26H38O9/c1-3-32-22(28)12-16(2)15-33-19-10-8-17(9-11-19)13-18-6-4-5-7-20(18)34-26-25(31)24(30)23(29)21(14-27)35-26/h8-12,18,20-21,23-27,29-31H,3-7,13-15H2,1-2H3/b16-12+/t18-,20+,21-,23+,24+,25-,26-/m1/s1. The van der Waals surface area contributed by atoms with Gasteiger partial charge in [-0.3, -0.25) is 0 Å². The van der Waals surface area contributed by atoms with E-state index in [1.807, 2.05) is 31.2 Å². The topological polar surface area (TPSA) is 135 Å². The molecule has 3 rings (SSSR count). The van der Waals surface area contributed by atoms with E-state index >= 15 is 0 Å². The Morgan fingerprint density at radius 1 is 1.09 bits per heavy atom. The second-order valence-electron chi connectivity index (χ2n) is 9.30. The number of carbonyl (C=O) groups is 1. The number of hydrogen-bond donors (Lipinski definition) is 4. The molecule has 4 N–H and O–H groups in total. The second kappa shape index (κ2) is 13.3. The number of benzene rings is 1. The smallest absolute Gasteiger partial charge is 0.330 e. The average molecular weight is 495 g/mol. The minimum atomic E-state index is -1.45. The summed E-state index contributed by atoms with van der Waals surface area (Å²) in [6, 6.07) is 7.78. The van der Waals surface area contributed by atoms with Gasteiger partial charge >= 0.3 is 5.97 Å². The van der Waals surface area contributed by atoms with E-state index in [2.05, 4.69) is 0 Å². The molecule has 9 heteroatoms. The first-order chi connectivity index (χ1) is 16.8. The van der Waals surface area contributed by atoms with Gasteiger partial charge < -0.3 is 39.4 Å². The predicted octanol–water partition coefficient (Wildman–Crippen LogP) is 1.49. The summed E-state index contributed by atoms with van der Waals surface area (Å²) in [5.74, 6) is 0.512. The lowest BCUT2D eigenvalue weighted by molar-refractivity contribution is -0.316. The summed E-state index contributed by atoms with van der Waals surface area (Å²) in [6.07, 6.45) is -0.507. The molecule has 2 fully saturated rings. The lowest BCUT2D eigenvalue weighted by Crippen LogP contribution is -2.60. The highest BCUT2D eigenvalue weighted by molar-refractivity contribution is 5.82. The summed E-state index contributed by atoms with van der Waals surface area (Å²) in [6.45, 7) is 3.71. The molecule has 1 saturated heterocycles. The van der Waals surface area contributed by atoms with E-state index in [1.54, 1.807) is 6.92 Å². The Kier molecular flexibility index (Phi) is 10.5. The van der Waals surface area contributed by atoms with Crippen molar-refractivity contribution < 1.29 is 44.2 Å². The van der Waals surface area contributed by atoms with E-state index in [9.17, 15) is 25.2 Å². The van der Waals surface area contributed by atoms with Gasteiger partial charge in [-0.2, -0.15) is 0 Å². The van der Waals surface area contributed by atoms with E-state index < -0.39 is 37.3 Å². The van der Waals surface area contributed by atoms with Crippen LogP contribution < -0.4 is 4.74 Å². The maximum Gasteiger partial charge on any atom is 0.330 e. The van der Waals surface area contributed by atoms with E-state index in [1.165, 1.54) is 6.08 Å². The number of carbonyl (C=O) groups excluding carboxylic acids is 1. The molecule has 196 valence electrons. The molecular weight excluding hydrogens is 456 g/mol. The summed E-state index contributed by atoms with van der Waals surface area (Å²) in [4.78, 5) is 11.5. The lowest BCUT2D eigenvalue weighted by atomic mass is 9.82. The van der Waals surface area contributed by atoms with Crippen LogP contribution in [0.15, 0.2) is 35.9 Å². The molecule has 1 aromatic carbocycles. The minimum absolute atomic E-state index is 0.184. The Morgan fingerprint density at radius 2 is 1.80 bits per heavy atom. The van der Waals surface area contributed by atoms with Crippen molar-refractivity contribution in [2.24, 2.45) is 5.92 Å². The Balaban J connectivity index is 1.56. The third kappa shape index (κ3) is 7.73. The molecule has 1 heterocycles. The number of hydrogen-bond acceptors (Lipinski definition) is 9. The maximum absolute atomic E-state index is 11.5. The summed E-state index contributed by atoms with van der Waals surface area (Å²) >= 11 is 0. The zero-order valence-corrected chi connectivity index (χ0v) is 20.4. The molecule has 35 heavy (non-hydrogen) atoms. The Morgan fingerprint density at radius 3 is 2.49 bits per heavy atom. The molecule has 1 saturated carbocycles. The summed E-state index contributed by atoms with van der Waals surface area (Å²) in [5, 5.41) is 39.8. The largest absolute Gasteiger partial charge is 0.489 e. The van der Waals surface area contributed by atoms with Crippen molar-refractivity contribution in [2.45, 2.75) is 82.8 Å². The fourth-order valence-electron chi connectivity index (χ4n) is 4.59. The highest BCUT2D eigenvalue weighted by atomic mass is 16.7. The SMILES string of the molecule is CCOC(=O)/C=C(\C)COc1ccc(C[C@H]2CCCC[C@@H]2O[C@@H]2O[C@H](CO)[C@H](O)[C@H](O)[C@H]2O)cc1. The molecule has 1 aliphatic carbocycles. The van der Waals surface area contributed by atoms with Crippen molar-refractivity contribution in [3.63, 3.8) is 0 Å². The van der Waals surface area contributed by atoms with Crippen LogP contribution in [0.25, 0.3) is 0 Å². The van der Waals surface area contributed by atoms with Crippen molar-refractivity contribution in [2.75, 3.05) is 19.8 Å². The molecule has 0 spiro atoms. The van der Waals surface area contributed by atoms with Gasteiger partial charge in [-0.25, -0.2) is 4.79 Å². The van der Waals surface area contributed by atoms with Gasteiger partial charge in [-0.05, 0) is 62.3 Å². The molecule has 2 aliphatic rings. The molecule has 0 aromatic heterocycles. The Hall–Kier alpha value is -2.01. The number of ether oxygens (including phenoxy) is 4. The molecule has 0 radical (unpaired) electrons. The fourth-order valence-corrected chi connectivity index (χ4v) is 4.59. The zero-order chi connectivity index (χ0) is 25.4. The van der Waals surface area contributed by atoms with E-state index in [-0.39, 0.29) is 24.6 Å². The monoisotopic (exact) mass is 494 g/mol. The van der Waals surface area contributed by atoms with Gasteiger partial charge in [0.25, 0.3) is 0 Å². The van der Waals surface area contributed by atoms with Crippen LogP contribution in [0.1, 0.15) is 45.1 Å². The molecule has 7 atom stereocenters. The van der Waals surface area contributed by atoms with Gasteiger partial charge in [0.05, 0.1) is 19.3 Å². The summed E-state index contributed by atoms with van der Waals surface area (Å²) in [5.41, 5.74) is 1.88. The zero-order valence-electron chi connectivity index (χ0n) is 20.4. The molecule has 0 unspecified atom stereocenters. The number of aliphatic hydroxyl groups is 4. The fraction of sp³-hybridized carbons (Fsp3) is 0.654. The molecule has 0 bridgehead atoms. The van der Waals surface area contributed by atoms with Crippen LogP contribution in [-0.2, 0) is 25.4 Å². The van der Waals surface area contributed by atoms with Crippen LogP contribution in [-0.4, -0.2) is 83.0 Å². The average Bonchev–Trinajstić information content (AvgIpc) is 2.85. The molecule has 9 nitrogen and oxygen atoms in total. The van der Waals surface area contributed by atoms with E-state index in [0.29, 0.717) is 12.4 Å². The number of aliphatic hydroxyl groups excluding tert-OH is 4. The predicted molar refractivity (Wildman–Crippen MR) is 127 cm³/mol. The van der Waals surface area contributed by atoms with Crippen molar-refractivity contribution in [1.82, 2.24) is 0 Å². The number of rotatable bonds is 10. The van der Waals surface area contributed by atoms with Crippen LogP contribution in [0, 0.1) is 5.92 Å². The van der Waals surface area contributed by atoms with E-state index in [0.717, 1.165) is 43.2 Å². The first kappa shape index (κ1) is 27.6. The molecular formula is C26H38O9. The van der Waals surface area contributed by atoms with Gasteiger partial charge in [-0.15, -0.1) is 0 Å². The highest BCUT2D eigenvalue weighted by Crippen LogP contribution is 2.33. The van der Waals surface area contributed by atoms with E-state index in [4.69, 9.17) is 18.9 Å². The maximum atomic E-state index is 11.5. The van der Waals surface area contributed by atoms with Crippen molar-refractivity contribution >= 4 is 5.97 Å². The van der Waals surface area contributed by atoms with Crippen molar-refractivity contribution in [1.29, 1.82) is 0 Å². The minimum Gasteiger partial charge on any atom is -0.489 e. The third-order valence-corrected chi connectivity index (χ3v) is 6.54. The summed E-state index contributed by atoms with van der Waals surface area (Å²) in [7, 11) is 0. The first-order valence-corrected chi connectivity index (χ1v) is 12.3. The third-order valence-electron chi connectivity index (χ3n) is 6.54. The molecule has 1 aliphatic heterocycles. The van der Waals surface area contributed by atoms with Crippen molar-refractivity contribution in [3.8, 4) is 5.75 Å². The van der Waals surface area contributed by atoms with Gasteiger partial charge in [-0.1, -0.05) is 25.0 Å². The van der Waals surface area contributed by atoms with Gasteiger partial charge in [0, 0.05) is 6.08 Å². The lowest BCUT2D eigenvalue weighted by Gasteiger charge is -2.42. The van der Waals surface area contributed by atoms with Crippen LogP contribution in [0.3, 0.4) is 0 Å². The second-order valence-corrected chi connectivity index (χ2v) is 9.30. The normalized spacial score (nSPS) is 31.7. The highest BCUT2D eigenvalue weighted by Gasteiger charge is 2.45. The Bertz CT molecular complexity index is 823. The van der Waals surface area contributed by atoms with Crippen LogP contribution in [0.4, 0.5) is 0 Å². The quantitative estimate of drug-likeness (QED) is 0.282. The molecule has 0 amide bonds. The number of esters is 1. The Labute approximate surface area is 206 Å². The van der Waals surface area contributed by atoms with Crippen LogP contribution in [0.5, 0.6) is 5.75 Å². The molecule has 1 aromatic rings. The van der Waals surface area contributed by atoms with Gasteiger partial charge in [0.2, 0.25) is 0 Å². The van der Waals surface area contributed by atoms with Gasteiger partial charge in [0.15, 0.2) is 6.29 Å². The van der Waals surface area contributed by atoms with Crippen LogP contribution >= 0.6 is 0 Å². The van der Waals surface area contributed by atoms with Crippen molar-refractivity contribution in [3.05, 3.63) is 41.5 Å².